The van der Waals surface area contributed by atoms with Crippen molar-refractivity contribution in [3.63, 3.8) is 0 Å². The molecule has 26 heavy (non-hydrogen) atoms. The summed E-state index contributed by atoms with van der Waals surface area (Å²) in [4.78, 5) is 11.1. The second kappa shape index (κ2) is 8.37. The average Bonchev–Trinajstić information content (AvgIpc) is 2.49. The van der Waals surface area contributed by atoms with Gasteiger partial charge in [-0.25, -0.2) is 4.79 Å². The summed E-state index contributed by atoms with van der Waals surface area (Å²) in [6.45, 7) is 1.59. The van der Waals surface area contributed by atoms with Gasteiger partial charge in [-0.1, -0.05) is 35.3 Å². The summed E-state index contributed by atoms with van der Waals surface area (Å²) < 4.78 is 37.9. The fourth-order valence-corrected chi connectivity index (χ4v) is 3.45. The summed E-state index contributed by atoms with van der Waals surface area (Å²) in [5.41, 5.74) is -2.33. The van der Waals surface area contributed by atoms with E-state index in [1.807, 2.05) is 0 Å². The van der Waals surface area contributed by atoms with Crippen LogP contribution in [-0.4, -0.2) is 16.6 Å². The predicted molar refractivity (Wildman–Crippen MR) is 99.9 cm³/mol. The number of rotatable bonds is 5. The van der Waals surface area contributed by atoms with Crippen LogP contribution in [0.1, 0.15) is 27.0 Å². The lowest BCUT2D eigenvalue weighted by atomic mass is 9.96. The minimum absolute atomic E-state index is 0.0994. The van der Waals surface area contributed by atoms with Gasteiger partial charge in [0, 0.05) is 10.0 Å². The summed E-state index contributed by atoms with van der Waals surface area (Å²) in [5, 5.41) is 10.9. The Labute approximate surface area is 162 Å². The van der Waals surface area contributed by atoms with Gasteiger partial charge in [0.2, 0.25) is 0 Å². The number of thioether (sulfide) groups is 1. The fourth-order valence-electron chi connectivity index (χ4n) is 2.39. The second-order valence-electron chi connectivity index (χ2n) is 5.50. The van der Waals surface area contributed by atoms with E-state index in [2.05, 4.69) is 0 Å². The summed E-state index contributed by atoms with van der Waals surface area (Å²) in [6.07, 6.45) is 0.162. The number of carboxylic acid groups (broad SMARTS) is 1. The number of allylic oxidation sites excluding steroid dienone is 1. The Hall–Kier alpha value is -1.63. The van der Waals surface area contributed by atoms with Crippen molar-refractivity contribution in [1.29, 1.82) is 0 Å². The molecule has 2 nitrogen and oxygen atoms in total. The quantitative estimate of drug-likeness (QED) is 0.575. The zero-order valence-corrected chi connectivity index (χ0v) is 15.7. The maximum Gasteiger partial charge on any atom is 0.445 e. The third kappa shape index (κ3) is 5.97. The molecule has 0 unspecified atom stereocenters. The minimum Gasteiger partial charge on any atom is -0.478 e. The highest BCUT2D eigenvalue weighted by Gasteiger charge is 2.27. The van der Waals surface area contributed by atoms with Crippen molar-refractivity contribution >= 4 is 46.5 Å². The van der Waals surface area contributed by atoms with E-state index in [0.717, 1.165) is 5.41 Å². The molecule has 0 aliphatic rings. The Balaban J connectivity index is 2.44. The largest absolute Gasteiger partial charge is 0.478 e. The highest BCUT2D eigenvalue weighted by molar-refractivity contribution is 8.03. The Morgan fingerprint density at radius 3 is 2.27 bits per heavy atom. The van der Waals surface area contributed by atoms with Crippen LogP contribution in [0.3, 0.4) is 0 Å². The monoisotopic (exact) mass is 420 g/mol. The molecule has 0 heterocycles. The molecule has 0 aliphatic heterocycles. The molecule has 8 heteroatoms. The van der Waals surface area contributed by atoms with Crippen molar-refractivity contribution in [3.05, 3.63) is 74.1 Å². The van der Waals surface area contributed by atoms with Crippen molar-refractivity contribution in [2.45, 2.75) is 18.9 Å². The second-order valence-corrected chi connectivity index (χ2v) is 7.30. The molecule has 0 aliphatic carbocycles. The number of alkyl halides is 3. The summed E-state index contributed by atoms with van der Waals surface area (Å²) in [7, 11) is 0. The first-order chi connectivity index (χ1) is 12.0. The molecule has 0 radical (unpaired) electrons. The van der Waals surface area contributed by atoms with Gasteiger partial charge in [0.05, 0.1) is 5.56 Å². The Bertz CT molecular complexity index is 844. The van der Waals surface area contributed by atoms with Gasteiger partial charge in [0.25, 0.3) is 0 Å². The molecule has 0 aromatic heterocycles. The molecule has 0 spiro atoms. The molecule has 0 saturated heterocycles. The molecule has 0 fully saturated rings. The van der Waals surface area contributed by atoms with Crippen molar-refractivity contribution in [3.8, 4) is 0 Å². The van der Waals surface area contributed by atoms with Crippen LogP contribution in [0.25, 0.3) is 5.57 Å². The summed E-state index contributed by atoms with van der Waals surface area (Å²) in [5.74, 6) is -1.09. The first-order valence-electron chi connectivity index (χ1n) is 7.28. The van der Waals surface area contributed by atoms with E-state index in [9.17, 15) is 18.0 Å². The van der Waals surface area contributed by atoms with Gasteiger partial charge in [0.15, 0.2) is 0 Å². The Kier molecular flexibility index (Phi) is 6.66. The van der Waals surface area contributed by atoms with Crippen LogP contribution in [0, 0.1) is 6.92 Å². The number of carbonyl (C=O) groups is 1. The number of hydrogen-bond donors (Lipinski definition) is 1. The van der Waals surface area contributed by atoms with Crippen LogP contribution in [0.2, 0.25) is 10.0 Å². The Morgan fingerprint density at radius 1 is 1.15 bits per heavy atom. The molecular weight excluding hydrogens is 408 g/mol. The third-order valence-electron chi connectivity index (χ3n) is 3.48. The maximum atomic E-state index is 12.6. The van der Waals surface area contributed by atoms with Gasteiger partial charge in [-0.3, -0.25) is 0 Å². The third-order valence-corrected chi connectivity index (χ3v) is 4.59. The van der Waals surface area contributed by atoms with Gasteiger partial charge in [-0.2, -0.15) is 13.2 Å². The minimum atomic E-state index is -4.42. The van der Waals surface area contributed by atoms with Gasteiger partial charge >= 0.3 is 11.5 Å². The first-order valence-corrected chi connectivity index (χ1v) is 8.91. The lowest BCUT2D eigenvalue weighted by molar-refractivity contribution is -0.0320. The highest BCUT2D eigenvalue weighted by atomic mass is 35.5. The van der Waals surface area contributed by atoms with E-state index in [1.54, 1.807) is 25.1 Å². The average molecular weight is 421 g/mol. The Morgan fingerprint density at radius 2 is 1.77 bits per heavy atom. The van der Waals surface area contributed by atoms with E-state index in [-0.39, 0.29) is 23.7 Å². The van der Waals surface area contributed by atoms with Crippen LogP contribution < -0.4 is 0 Å². The molecule has 0 saturated carbocycles. The van der Waals surface area contributed by atoms with E-state index in [0.29, 0.717) is 32.3 Å². The molecule has 138 valence electrons. The van der Waals surface area contributed by atoms with Crippen molar-refractivity contribution < 1.29 is 23.1 Å². The van der Waals surface area contributed by atoms with Crippen LogP contribution in [0.5, 0.6) is 0 Å². The molecule has 1 N–H and O–H groups in total. The molecule has 2 aromatic carbocycles. The summed E-state index contributed by atoms with van der Waals surface area (Å²) >= 11 is 11.6. The van der Waals surface area contributed by atoms with Crippen LogP contribution >= 0.6 is 35.0 Å². The first kappa shape index (κ1) is 20.7. The van der Waals surface area contributed by atoms with Crippen molar-refractivity contribution in [1.82, 2.24) is 0 Å². The zero-order chi connectivity index (χ0) is 19.5. The van der Waals surface area contributed by atoms with Crippen molar-refractivity contribution in [2.75, 3.05) is 0 Å². The topological polar surface area (TPSA) is 37.3 Å². The smallest absolute Gasteiger partial charge is 0.445 e. The standard InChI is InChI=1S/C18H13Cl2F3O2S/c1-10-4-12(2-3-16(10)17(24)25)13(9-26-18(21,22)23)5-11-6-14(19)8-15(20)7-11/h2-4,6-9H,5H2,1H3,(H,24,25)/b13-9+. The van der Waals surface area contributed by atoms with E-state index in [4.69, 9.17) is 28.3 Å². The number of hydrogen-bond acceptors (Lipinski definition) is 2. The van der Waals surface area contributed by atoms with Gasteiger partial charge in [0.1, 0.15) is 0 Å². The zero-order valence-electron chi connectivity index (χ0n) is 13.4. The number of benzene rings is 2. The van der Waals surface area contributed by atoms with Crippen LogP contribution in [-0.2, 0) is 6.42 Å². The van der Waals surface area contributed by atoms with Gasteiger partial charge in [-0.15, -0.1) is 0 Å². The number of aryl methyl sites for hydroxylation is 1. The predicted octanol–water partition coefficient (Wildman–Crippen LogP) is 6.84. The lowest BCUT2D eigenvalue weighted by Crippen LogP contribution is -2.02. The molecule has 2 aromatic rings. The van der Waals surface area contributed by atoms with E-state index in [1.165, 1.54) is 18.2 Å². The molecule has 0 bridgehead atoms. The van der Waals surface area contributed by atoms with Crippen molar-refractivity contribution in [2.24, 2.45) is 0 Å². The highest BCUT2D eigenvalue weighted by Crippen LogP contribution is 2.35. The normalized spacial score (nSPS) is 12.3. The number of aromatic carboxylic acids is 1. The van der Waals surface area contributed by atoms with E-state index < -0.39 is 11.5 Å². The number of carboxylic acids is 1. The van der Waals surface area contributed by atoms with E-state index >= 15 is 0 Å². The van der Waals surface area contributed by atoms with Gasteiger partial charge < -0.3 is 5.11 Å². The SMILES string of the molecule is Cc1cc(/C(=C/SC(F)(F)F)Cc2cc(Cl)cc(Cl)c2)ccc1C(=O)O. The molecule has 0 atom stereocenters. The fraction of sp³-hybridized carbons (Fsp3) is 0.167. The molecule has 0 amide bonds. The number of halogens is 5. The molecular formula is C18H13Cl2F3O2S. The van der Waals surface area contributed by atoms with Crippen LogP contribution in [0.4, 0.5) is 13.2 Å². The summed E-state index contributed by atoms with van der Waals surface area (Å²) in [6, 6.07) is 9.20. The van der Waals surface area contributed by atoms with Crippen LogP contribution in [0.15, 0.2) is 41.8 Å². The molecule has 2 rings (SSSR count). The lowest BCUT2D eigenvalue weighted by Gasteiger charge is -2.12. The van der Waals surface area contributed by atoms with Gasteiger partial charge in [-0.05, 0) is 77.0 Å². The maximum absolute atomic E-state index is 12.6.